The molecule has 2 N–H and O–H groups in total. The maximum absolute atomic E-state index is 12.2. The number of methoxy groups -OCH3 is 1. The van der Waals surface area contributed by atoms with E-state index in [2.05, 4.69) is 10.0 Å². The summed E-state index contributed by atoms with van der Waals surface area (Å²) in [5, 5.41) is 2.70. The third-order valence-corrected chi connectivity index (χ3v) is 5.79. The van der Waals surface area contributed by atoms with Crippen LogP contribution < -0.4 is 19.5 Å². The van der Waals surface area contributed by atoms with Gasteiger partial charge in [0.05, 0.1) is 18.6 Å². The number of nitrogens with one attached hydrogen (secondary N) is 2. The Balaban J connectivity index is 1.65. The van der Waals surface area contributed by atoms with Gasteiger partial charge >= 0.3 is 0 Å². The lowest BCUT2D eigenvalue weighted by Gasteiger charge is -2.12. The number of amides is 1. The second kappa shape index (κ2) is 10.8. The molecule has 0 aliphatic carbocycles. The smallest absolute Gasteiger partial charge is 0.240 e. The van der Waals surface area contributed by atoms with E-state index >= 15 is 0 Å². The monoisotopic (exact) mass is 420 g/mol. The largest absolute Gasteiger partial charge is 0.497 e. The van der Waals surface area contributed by atoms with E-state index < -0.39 is 10.0 Å². The Morgan fingerprint density at radius 2 is 1.66 bits per heavy atom. The van der Waals surface area contributed by atoms with Gasteiger partial charge in [-0.1, -0.05) is 18.2 Å². The predicted octanol–water partition coefficient (Wildman–Crippen LogP) is 2.57. The van der Waals surface area contributed by atoms with Gasteiger partial charge in [-0.05, 0) is 55.7 Å². The van der Waals surface area contributed by atoms with E-state index in [1.165, 1.54) is 19.2 Å². The summed E-state index contributed by atoms with van der Waals surface area (Å²) in [6.45, 7) is 4.75. The van der Waals surface area contributed by atoms with Crippen molar-refractivity contribution in [2.45, 2.75) is 31.6 Å². The Labute approximate surface area is 172 Å². The molecule has 0 bridgehead atoms. The van der Waals surface area contributed by atoms with Crippen LogP contribution in [0, 0.1) is 13.8 Å². The summed E-state index contributed by atoms with van der Waals surface area (Å²) in [5.41, 5.74) is 2.14. The number of hydrogen-bond acceptors (Lipinski definition) is 5. The van der Waals surface area contributed by atoms with Gasteiger partial charge in [0.1, 0.15) is 11.5 Å². The number of carbonyl (C=O) groups is 1. The highest BCUT2D eigenvalue weighted by Gasteiger charge is 2.13. The lowest BCUT2D eigenvalue weighted by Crippen LogP contribution is -2.34. The molecule has 7 nitrogen and oxygen atoms in total. The first-order valence-corrected chi connectivity index (χ1v) is 10.9. The zero-order valence-electron chi connectivity index (χ0n) is 17.0. The molecule has 1 amide bonds. The van der Waals surface area contributed by atoms with E-state index in [1.54, 1.807) is 12.1 Å². The van der Waals surface area contributed by atoms with Crippen LogP contribution in [0.3, 0.4) is 0 Å². The average Bonchev–Trinajstić information content (AvgIpc) is 2.70. The fourth-order valence-corrected chi connectivity index (χ4v) is 3.78. The lowest BCUT2D eigenvalue weighted by atomic mass is 10.1. The summed E-state index contributed by atoms with van der Waals surface area (Å²) in [6, 6.07) is 12.1. The van der Waals surface area contributed by atoms with Crippen LogP contribution in [0.2, 0.25) is 0 Å². The molecule has 29 heavy (non-hydrogen) atoms. The highest BCUT2D eigenvalue weighted by Crippen LogP contribution is 2.22. The van der Waals surface area contributed by atoms with Crippen LogP contribution in [0.4, 0.5) is 0 Å². The first kappa shape index (κ1) is 22.7. The van der Waals surface area contributed by atoms with E-state index in [0.717, 1.165) is 16.9 Å². The van der Waals surface area contributed by atoms with Crippen LogP contribution in [0.1, 0.15) is 24.0 Å². The summed E-state index contributed by atoms with van der Waals surface area (Å²) >= 11 is 0. The van der Waals surface area contributed by atoms with Gasteiger partial charge in [0, 0.05) is 19.5 Å². The predicted molar refractivity (Wildman–Crippen MR) is 112 cm³/mol. The number of hydrogen-bond donors (Lipinski definition) is 2. The van der Waals surface area contributed by atoms with Crippen LogP contribution in [0.15, 0.2) is 47.4 Å². The molecule has 0 aliphatic heterocycles. The summed E-state index contributed by atoms with van der Waals surface area (Å²) < 4.78 is 37.6. The van der Waals surface area contributed by atoms with Crippen molar-refractivity contribution in [2.24, 2.45) is 0 Å². The van der Waals surface area contributed by atoms with Crippen molar-refractivity contribution < 1.29 is 22.7 Å². The quantitative estimate of drug-likeness (QED) is 0.545. The molecule has 0 heterocycles. The number of aryl methyl sites for hydroxylation is 2. The summed E-state index contributed by atoms with van der Waals surface area (Å²) in [4.78, 5) is 12.0. The molecule has 0 saturated carbocycles. The number of sulfonamides is 1. The second-order valence-corrected chi connectivity index (χ2v) is 8.36. The van der Waals surface area contributed by atoms with Crippen molar-refractivity contribution in [1.82, 2.24) is 10.0 Å². The van der Waals surface area contributed by atoms with E-state index in [0.29, 0.717) is 25.2 Å². The number of ether oxygens (including phenoxy) is 2. The van der Waals surface area contributed by atoms with Crippen molar-refractivity contribution in [3.8, 4) is 11.5 Å². The Morgan fingerprint density at radius 3 is 2.28 bits per heavy atom. The van der Waals surface area contributed by atoms with Crippen molar-refractivity contribution in [1.29, 1.82) is 0 Å². The van der Waals surface area contributed by atoms with Gasteiger partial charge in [-0.25, -0.2) is 13.1 Å². The molecule has 0 aliphatic rings. The topological polar surface area (TPSA) is 93.7 Å². The van der Waals surface area contributed by atoms with Crippen LogP contribution in [0.25, 0.3) is 0 Å². The highest BCUT2D eigenvalue weighted by atomic mass is 32.2. The van der Waals surface area contributed by atoms with Crippen LogP contribution in [-0.4, -0.2) is 41.1 Å². The summed E-state index contributed by atoms with van der Waals surface area (Å²) in [7, 11) is -2.11. The first-order valence-electron chi connectivity index (χ1n) is 9.43. The van der Waals surface area contributed by atoms with Gasteiger partial charge in [-0.2, -0.15) is 0 Å². The van der Waals surface area contributed by atoms with Crippen molar-refractivity contribution in [3.63, 3.8) is 0 Å². The molecule has 0 unspecified atom stereocenters. The molecule has 2 rings (SSSR count). The van der Waals surface area contributed by atoms with Crippen LogP contribution >= 0.6 is 0 Å². The van der Waals surface area contributed by atoms with Gasteiger partial charge in [0.15, 0.2) is 0 Å². The summed E-state index contributed by atoms with van der Waals surface area (Å²) in [5.74, 6) is 1.30. The van der Waals surface area contributed by atoms with Crippen LogP contribution in [0.5, 0.6) is 11.5 Å². The minimum Gasteiger partial charge on any atom is -0.497 e. The minimum atomic E-state index is -3.62. The molecule has 0 saturated heterocycles. The Morgan fingerprint density at radius 1 is 1.00 bits per heavy atom. The number of carbonyl (C=O) groups excluding carboxylic acids is 1. The van der Waals surface area contributed by atoms with Crippen molar-refractivity contribution >= 4 is 15.9 Å². The maximum atomic E-state index is 12.2. The standard InChI is InChI=1S/C21H28N2O5S/c1-16-6-4-7-17(2)21(16)28-15-5-8-20(24)22-13-14-23-29(25,26)19-11-9-18(27-3)10-12-19/h4,6-7,9-12,23H,5,8,13-15H2,1-3H3,(H,22,24). The molecule has 0 spiro atoms. The second-order valence-electron chi connectivity index (χ2n) is 6.60. The summed E-state index contributed by atoms with van der Waals surface area (Å²) in [6.07, 6.45) is 0.896. The van der Waals surface area contributed by atoms with E-state index in [1.807, 2.05) is 32.0 Å². The number of benzene rings is 2. The average molecular weight is 421 g/mol. The third kappa shape index (κ3) is 7.07. The minimum absolute atomic E-state index is 0.110. The zero-order valence-corrected chi connectivity index (χ0v) is 17.8. The number of rotatable bonds is 11. The molecular weight excluding hydrogens is 392 g/mol. The molecule has 0 atom stereocenters. The molecule has 2 aromatic carbocycles. The fraction of sp³-hybridized carbons (Fsp3) is 0.381. The van der Waals surface area contributed by atoms with E-state index in [4.69, 9.17) is 9.47 Å². The SMILES string of the molecule is COc1ccc(S(=O)(=O)NCCNC(=O)CCCOc2c(C)cccc2C)cc1. The molecule has 2 aromatic rings. The van der Waals surface area contributed by atoms with Gasteiger partial charge in [0.2, 0.25) is 15.9 Å². The maximum Gasteiger partial charge on any atom is 0.240 e. The van der Waals surface area contributed by atoms with Crippen LogP contribution in [-0.2, 0) is 14.8 Å². The van der Waals surface area contributed by atoms with Crippen molar-refractivity contribution in [3.05, 3.63) is 53.6 Å². The molecular formula is C21H28N2O5S. The van der Waals surface area contributed by atoms with Gasteiger partial charge in [-0.3, -0.25) is 4.79 Å². The van der Waals surface area contributed by atoms with Crippen molar-refractivity contribution in [2.75, 3.05) is 26.8 Å². The Bertz CT molecular complexity index is 891. The van der Waals surface area contributed by atoms with E-state index in [9.17, 15) is 13.2 Å². The normalized spacial score (nSPS) is 11.1. The first-order chi connectivity index (χ1) is 13.8. The van der Waals surface area contributed by atoms with Gasteiger partial charge < -0.3 is 14.8 Å². The lowest BCUT2D eigenvalue weighted by molar-refractivity contribution is -0.121. The molecule has 0 aromatic heterocycles. The fourth-order valence-electron chi connectivity index (χ4n) is 2.75. The van der Waals surface area contributed by atoms with Gasteiger partial charge in [-0.15, -0.1) is 0 Å². The van der Waals surface area contributed by atoms with Gasteiger partial charge in [0.25, 0.3) is 0 Å². The molecule has 158 valence electrons. The number of para-hydroxylation sites is 1. The third-order valence-electron chi connectivity index (χ3n) is 4.31. The zero-order chi connectivity index (χ0) is 21.3. The Hall–Kier alpha value is -2.58. The molecule has 0 fully saturated rings. The Kier molecular flexibility index (Phi) is 8.48. The molecule has 8 heteroatoms. The highest BCUT2D eigenvalue weighted by molar-refractivity contribution is 7.89. The molecule has 0 radical (unpaired) electrons. The van der Waals surface area contributed by atoms with E-state index in [-0.39, 0.29) is 23.9 Å².